The fourth-order valence-corrected chi connectivity index (χ4v) is 3.07. The van der Waals surface area contributed by atoms with Crippen LogP contribution in [-0.2, 0) is 16.0 Å². The number of hydrogen-bond donors (Lipinski definition) is 1. The molecule has 1 aromatic carbocycles. The van der Waals surface area contributed by atoms with Crippen molar-refractivity contribution < 1.29 is 19.1 Å². The van der Waals surface area contributed by atoms with Crippen LogP contribution in [-0.4, -0.2) is 51.9 Å². The lowest BCUT2D eigenvalue weighted by molar-refractivity contribution is -0.115. The van der Waals surface area contributed by atoms with Crippen LogP contribution in [0.4, 0.5) is 10.6 Å². The second kappa shape index (κ2) is 9.56. The average molecular weight is 412 g/mol. The van der Waals surface area contributed by atoms with Crippen molar-refractivity contribution in [2.45, 2.75) is 51.7 Å². The summed E-state index contributed by atoms with van der Waals surface area (Å²) in [5.41, 5.74) is 0.429. The molecule has 30 heavy (non-hydrogen) atoms. The highest BCUT2D eigenvalue weighted by atomic mass is 16.6. The maximum atomic E-state index is 12.1. The van der Waals surface area contributed by atoms with Crippen LogP contribution in [0.3, 0.4) is 0 Å². The van der Waals surface area contributed by atoms with Crippen LogP contribution >= 0.6 is 0 Å². The van der Waals surface area contributed by atoms with Crippen molar-refractivity contribution in [3.05, 3.63) is 48.0 Å². The van der Waals surface area contributed by atoms with E-state index < -0.39 is 5.60 Å². The Balaban J connectivity index is 1.44. The SMILES string of the molecule is CC(C)(C)OC(=O)N1CCC(Oc2ccc(NC(=O)Cc3ccccc3)nn2)CC1. The lowest BCUT2D eigenvalue weighted by Gasteiger charge is -2.33. The van der Waals surface area contributed by atoms with Crippen molar-refractivity contribution in [2.75, 3.05) is 18.4 Å². The van der Waals surface area contributed by atoms with Crippen molar-refractivity contribution in [3.63, 3.8) is 0 Å². The molecule has 1 aliphatic heterocycles. The maximum absolute atomic E-state index is 12.1. The van der Waals surface area contributed by atoms with E-state index in [1.165, 1.54) is 0 Å². The Hall–Kier alpha value is -3.16. The number of aromatic nitrogens is 2. The van der Waals surface area contributed by atoms with Gasteiger partial charge in [0.2, 0.25) is 11.8 Å². The Morgan fingerprint density at radius 2 is 1.77 bits per heavy atom. The predicted octanol–water partition coefficient (Wildman–Crippen LogP) is 3.44. The molecule has 3 rings (SSSR count). The second-order valence-electron chi connectivity index (χ2n) is 8.25. The molecule has 1 aromatic heterocycles. The number of carbonyl (C=O) groups excluding carboxylic acids is 2. The number of amides is 2. The summed E-state index contributed by atoms with van der Waals surface area (Å²) < 4.78 is 11.3. The van der Waals surface area contributed by atoms with Gasteiger partial charge in [0, 0.05) is 32.0 Å². The van der Waals surface area contributed by atoms with Gasteiger partial charge in [0.05, 0.1) is 6.42 Å². The van der Waals surface area contributed by atoms with Gasteiger partial charge >= 0.3 is 6.09 Å². The van der Waals surface area contributed by atoms with Crippen molar-refractivity contribution >= 4 is 17.8 Å². The number of carbonyl (C=O) groups is 2. The average Bonchev–Trinajstić information content (AvgIpc) is 2.69. The summed E-state index contributed by atoms with van der Waals surface area (Å²) in [7, 11) is 0. The highest BCUT2D eigenvalue weighted by molar-refractivity contribution is 5.91. The summed E-state index contributed by atoms with van der Waals surface area (Å²) in [6.07, 6.45) is 1.32. The number of benzene rings is 1. The van der Waals surface area contributed by atoms with Gasteiger partial charge in [-0.05, 0) is 32.4 Å². The van der Waals surface area contributed by atoms with Crippen LogP contribution in [0, 0.1) is 0 Å². The zero-order valence-corrected chi connectivity index (χ0v) is 17.6. The van der Waals surface area contributed by atoms with Crippen LogP contribution in [0.15, 0.2) is 42.5 Å². The summed E-state index contributed by atoms with van der Waals surface area (Å²) in [5, 5.41) is 10.8. The molecule has 0 saturated carbocycles. The molecule has 1 saturated heterocycles. The van der Waals surface area contributed by atoms with Crippen LogP contribution in [0.2, 0.25) is 0 Å². The molecule has 0 aliphatic carbocycles. The highest BCUT2D eigenvalue weighted by Gasteiger charge is 2.27. The van der Waals surface area contributed by atoms with Gasteiger partial charge in [-0.1, -0.05) is 30.3 Å². The summed E-state index contributed by atoms with van der Waals surface area (Å²) in [6, 6.07) is 12.9. The smallest absolute Gasteiger partial charge is 0.410 e. The van der Waals surface area contributed by atoms with Gasteiger partial charge in [0.1, 0.15) is 11.7 Å². The molecule has 8 nitrogen and oxygen atoms in total. The van der Waals surface area contributed by atoms with E-state index in [-0.39, 0.29) is 24.5 Å². The molecule has 0 spiro atoms. The number of piperidine rings is 1. The van der Waals surface area contributed by atoms with E-state index in [1.807, 2.05) is 51.1 Å². The first-order valence-electron chi connectivity index (χ1n) is 10.1. The van der Waals surface area contributed by atoms with Crippen molar-refractivity contribution in [3.8, 4) is 5.88 Å². The molecule has 1 aliphatic rings. The van der Waals surface area contributed by atoms with E-state index in [0.717, 1.165) is 5.56 Å². The number of ether oxygens (including phenoxy) is 2. The molecule has 2 heterocycles. The number of hydrogen-bond acceptors (Lipinski definition) is 6. The third-order valence-electron chi connectivity index (χ3n) is 4.50. The third-order valence-corrected chi connectivity index (χ3v) is 4.50. The first-order chi connectivity index (χ1) is 14.3. The molecule has 0 bridgehead atoms. The minimum Gasteiger partial charge on any atom is -0.473 e. The number of likely N-dealkylation sites (tertiary alicyclic amines) is 1. The first-order valence-corrected chi connectivity index (χ1v) is 10.1. The summed E-state index contributed by atoms with van der Waals surface area (Å²) in [6.45, 7) is 6.70. The number of nitrogens with one attached hydrogen (secondary N) is 1. The third kappa shape index (κ3) is 6.72. The molecule has 8 heteroatoms. The first kappa shape index (κ1) is 21.5. The minimum atomic E-state index is -0.502. The largest absolute Gasteiger partial charge is 0.473 e. The Morgan fingerprint density at radius 1 is 1.07 bits per heavy atom. The van der Waals surface area contributed by atoms with Crippen molar-refractivity contribution in [1.82, 2.24) is 15.1 Å². The Kier molecular flexibility index (Phi) is 6.87. The minimum absolute atomic E-state index is 0.0449. The summed E-state index contributed by atoms with van der Waals surface area (Å²) in [4.78, 5) is 25.9. The quantitative estimate of drug-likeness (QED) is 0.809. The standard InChI is InChI=1S/C22H28N4O4/c1-22(2,3)30-21(28)26-13-11-17(12-14-26)29-20-10-9-18(24-25-20)23-19(27)15-16-7-5-4-6-8-16/h4-10,17H,11-15H2,1-3H3,(H,23,24,27). The number of rotatable bonds is 5. The molecule has 0 radical (unpaired) electrons. The Bertz CT molecular complexity index is 842. The predicted molar refractivity (Wildman–Crippen MR) is 112 cm³/mol. The van der Waals surface area contributed by atoms with Gasteiger partial charge < -0.3 is 19.7 Å². The molecule has 0 atom stereocenters. The topological polar surface area (TPSA) is 93.7 Å². The zero-order valence-electron chi connectivity index (χ0n) is 17.6. The van der Waals surface area contributed by atoms with Crippen LogP contribution < -0.4 is 10.1 Å². The van der Waals surface area contributed by atoms with E-state index in [9.17, 15) is 9.59 Å². The van der Waals surface area contributed by atoms with Gasteiger partial charge in [-0.2, -0.15) is 0 Å². The highest BCUT2D eigenvalue weighted by Crippen LogP contribution is 2.19. The maximum Gasteiger partial charge on any atom is 0.410 e. The zero-order chi connectivity index (χ0) is 21.6. The van der Waals surface area contributed by atoms with Crippen LogP contribution in [0.25, 0.3) is 0 Å². The van der Waals surface area contributed by atoms with E-state index in [2.05, 4.69) is 15.5 Å². The van der Waals surface area contributed by atoms with Gasteiger partial charge in [-0.25, -0.2) is 4.79 Å². The monoisotopic (exact) mass is 412 g/mol. The van der Waals surface area contributed by atoms with Gasteiger partial charge in [0.25, 0.3) is 0 Å². The fraction of sp³-hybridized carbons (Fsp3) is 0.455. The van der Waals surface area contributed by atoms with Gasteiger partial charge in [-0.3, -0.25) is 4.79 Å². The molecule has 2 amide bonds. The molecular weight excluding hydrogens is 384 g/mol. The molecule has 1 fully saturated rings. The van der Waals surface area contributed by atoms with Gasteiger partial charge in [0.15, 0.2) is 5.82 Å². The van der Waals surface area contributed by atoms with E-state index in [4.69, 9.17) is 9.47 Å². The Labute approximate surface area is 176 Å². The molecular formula is C22H28N4O4. The summed E-state index contributed by atoms with van der Waals surface area (Å²) >= 11 is 0. The van der Waals surface area contributed by atoms with Crippen LogP contribution in [0.1, 0.15) is 39.2 Å². The number of nitrogens with zero attached hydrogens (tertiary/aromatic N) is 3. The normalized spacial score (nSPS) is 14.8. The van der Waals surface area contributed by atoms with Crippen molar-refractivity contribution in [1.29, 1.82) is 0 Å². The summed E-state index contributed by atoms with van der Waals surface area (Å²) in [5.74, 6) is 0.619. The van der Waals surface area contributed by atoms with Gasteiger partial charge in [-0.15, -0.1) is 10.2 Å². The molecule has 160 valence electrons. The second-order valence-corrected chi connectivity index (χ2v) is 8.25. The van der Waals surface area contributed by atoms with E-state index in [1.54, 1.807) is 17.0 Å². The van der Waals surface area contributed by atoms with E-state index >= 15 is 0 Å². The lowest BCUT2D eigenvalue weighted by atomic mass is 10.1. The number of anilines is 1. The van der Waals surface area contributed by atoms with Crippen LogP contribution in [0.5, 0.6) is 5.88 Å². The molecule has 0 unspecified atom stereocenters. The Morgan fingerprint density at radius 3 is 2.37 bits per heavy atom. The molecule has 1 N–H and O–H groups in total. The van der Waals surface area contributed by atoms with Crippen molar-refractivity contribution in [2.24, 2.45) is 0 Å². The molecule has 2 aromatic rings. The van der Waals surface area contributed by atoms with E-state index in [0.29, 0.717) is 37.6 Å². The fourth-order valence-electron chi connectivity index (χ4n) is 3.07. The lowest BCUT2D eigenvalue weighted by Crippen LogP contribution is -2.44.